The summed E-state index contributed by atoms with van der Waals surface area (Å²) in [6, 6.07) is 9.37. The van der Waals surface area contributed by atoms with Crippen molar-refractivity contribution in [1.82, 2.24) is 9.88 Å². The maximum atomic E-state index is 4.55. The summed E-state index contributed by atoms with van der Waals surface area (Å²) in [6.45, 7) is 5.85. The van der Waals surface area contributed by atoms with Gasteiger partial charge in [-0.05, 0) is 50.9 Å². The maximum Gasteiger partial charge on any atom is 0.0901 e. The maximum absolute atomic E-state index is 4.55. The van der Waals surface area contributed by atoms with Gasteiger partial charge in [-0.2, -0.15) is 0 Å². The van der Waals surface area contributed by atoms with Crippen molar-refractivity contribution >= 4 is 17.0 Å². The van der Waals surface area contributed by atoms with E-state index in [-0.39, 0.29) is 0 Å². The van der Waals surface area contributed by atoms with Crippen molar-refractivity contribution in [3.8, 4) is 11.3 Å². The molecule has 1 aromatic heterocycles. The molecule has 0 spiro atoms. The van der Waals surface area contributed by atoms with Crippen molar-refractivity contribution in [3.05, 3.63) is 34.7 Å². The summed E-state index contributed by atoms with van der Waals surface area (Å²) in [5.74, 6) is 0.857. The molecule has 5 rings (SSSR count). The molecule has 1 atom stereocenters. The summed E-state index contributed by atoms with van der Waals surface area (Å²) < 4.78 is 0. The van der Waals surface area contributed by atoms with E-state index in [0.29, 0.717) is 6.04 Å². The van der Waals surface area contributed by atoms with Crippen LogP contribution in [0, 0.1) is 12.8 Å². The number of piperidine rings is 3. The fourth-order valence-electron chi connectivity index (χ4n) is 3.58. The molecule has 4 heterocycles. The molecule has 3 aliphatic heterocycles. The van der Waals surface area contributed by atoms with E-state index in [9.17, 15) is 0 Å². The molecule has 1 aromatic carbocycles. The number of nitrogens with one attached hydrogen (secondary N) is 1. The van der Waals surface area contributed by atoms with Crippen LogP contribution < -0.4 is 5.32 Å². The molecule has 0 aliphatic carbocycles. The zero-order valence-corrected chi connectivity index (χ0v) is 13.2. The highest BCUT2D eigenvalue weighted by atomic mass is 32.1. The predicted octanol–water partition coefficient (Wildman–Crippen LogP) is 3.62. The Kier molecular flexibility index (Phi) is 3.43. The third kappa shape index (κ3) is 2.70. The van der Waals surface area contributed by atoms with Gasteiger partial charge in [-0.3, -0.25) is 0 Å². The Bertz CT molecular complexity index is 611. The molecule has 1 N–H and O–H groups in total. The first-order valence-corrected chi connectivity index (χ1v) is 8.67. The highest BCUT2D eigenvalue weighted by Gasteiger charge is 2.33. The lowest BCUT2D eigenvalue weighted by Crippen LogP contribution is -2.53. The van der Waals surface area contributed by atoms with Gasteiger partial charge in [0, 0.05) is 29.2 Å². The first kappa shape index (κ1) is 13.3. The van der Waals surface area contributed by atoms with E-state index in [4.69, 9.17) is 0 Å². The Morgan fingerprint density at radius 2 is 1.95 bits per heavy atom. The van der Waals surface area contributed by atoms with E-state index in [1.165, 1.54) is 43.7 Å². The van der Waals surface area contributed by atoms with Crippen molar-refractivity contribution in [1.29, 1.82) is 0 Å². The molecule has 110 valence electrons. The van der Waals surface area contributed by atoms with Crippen LogP contribution in [0.5, 0.6) is 0 Å². The average molecular weight is 299 g/mol. The van der Waals surface area contributed by atoms with Gasteiger partial charge in [0.1, 0.15) is 0 Å². The number of hydrogen-bond donors (Lipinski definition) is 1. The monoisotopic (exact) mass is 299 g/mol. The van der Waals surface area contributed by atoms with E-state index < -0.39 is 0 Å². The van der Waals surface area contributed by atoms with Crippen LogP contribution in [0.1, 0.15) is 17.8 Å². The molecule has 1 unspecified atom stereocenters. The van der Waals surface area contributed by atoms with Crippen LogP contribution >= 0.6 is 11.3 Å². The summed E-state index contributed by atoms with van der Waals surface area (Å²) in [6.07, 6.45) is 2.71. The number of thiazole rings is 1. The van der Waals surface area contributed by atoms with E-state index >= 15 is 0 Å². The number of fused-ring (bicyclic) bond motifs is 3. The molecule has 3 nitrogen and oxygen atoms in total. The number of aryl methyl sites for hydroxylation is 1. The van der Waals surface area contributed by atoms with E-state index in [1.807, 2.05) is 0 Å². The van der Waals surface area contributed by atoms with Crippen molar-refractivity contribution in [3.63, 3.8) is 0 Å². The molecule has 3 fully saturated rings. The second-order valence-electron chi connectivity index (χ2n) is 6.22. The molecule has 3 aliphatic rings. The molecular weight excluding hydrogens is 278 g/mol. The zero-order valence-electron chi connectivity index (χ0n) is 12.4. The fourth-order valence-corrected chi connectivity index (χ4v) is 4.20. The van der Waals surface area contributed by atoms with Crippen LogP contribution in [-0.4, -0.2) is 35.6 Å². The normalized spacial score (nSPS) is 27.8. The van der Waals surface area contributed by atoms with Crippen LogP contribution in [0.2, 0.25) is 0 Å². The Hall–Kier alpha value is -1.39. The molecule has 3 saturated heterocycles. The summed E-state index contributed by atoms with van der Waals surface area (Å²) in [5, 5.41) is 6.99. The lowest BCUT2D eigenvalue weighted by Gasteiger charge is -2.45. The van der Waals surface area contributed by atoms with Crippen LogP contribution in [0.25, 0.3) is 11.3 Å². The molecular formula is C17H21N3S. The van der Waals surface area contributed by atoms with Crippen LogP contribution in [0.15, 0.2) is 29.6 Å². The van der Waals surface area contributed by atoms with Gasteiger partial charge in [0.15, 0.2) is 0 Å². The number of rotatable bonds is 3. The molecule has 4 heteroatoms. The SMILES string of the molecule is Cc1nc(-c2ccc(NC3CN4CCC3CC4)cc2)cs1. The zero-order chi connectivity index (χ0) is 14.2. The van der Waals surface area contributed by atoms with Gasteiger partial charge >= 0.3 is 0 Å². The smallest absolute Gasteiger partial charge is 0.0901 e. The van der Waals surface area contributed by atoms with Crippen molar-refractivity contribution in [2.24, 2.45) is 5.92 Å². The Morgan fingerprint density at radius 1 is 1.19 bits per heavy atom. The van der Waals surface area contributed by atoms with Crippen LogP contribution in [-0.2, 0) is 0 Å². The lowest BCUT2D eigenvalue weighted by molar-refractivity contribution is 0.0975. The molecule has 2 aromatic rings. The average Bonchev–Trinajstić information content (AvgIpc) is 2.96. The predicted molar refractivity (Wildman–Crippen MR) is 88.9 cm³/mol. The van der Waals surface area contributed by atoms with E-state index in [1.54, 1.807) is 11.3 Å². The number of benzene rings is 1. The van der Waals surface area contributed by atoms with Crippen molar-refractivity contribution in [2.75, 3.05) is 25.0 Å². The largest absolute Gasteiger partial charge is 0.381 e. The fraction of sp³-hybridized carbons (Fsp3) is 0.471. The van der Waals surface area contributed by atoms with Gasteiger partial charge in [0.2, 0.25) is 0 Å². The number of nitrogens with zero attached hydrogens (tertiary/aromatic N) is 2. The molecule has 21 heavy (non-hydrogen) atoms. The molecule has 0 saturated carbocycles. The molecule has 0 amide bonds. The standard InChI is InChI=1S/C17H21N3S/c1-12-18-17(11-21-12)13-2-4-15(5-3-13)19-16-10-20-8-6-14(16)7-9-20/h2-5,11,14,16,19H,6-10H2,1H3. The number of aromatic nitrogens is 1. The Labute approximate surface area is 130 Å². The first-order chi connectivity index (χ1) is 10.3. The number of anilines is 1. The number of hydrogen-bond acceptors (Lipinski definition) is 4. The topological polar surface area (TPSA) is 28.2 Å². The Balaban J connectivity index is 1.47. The second kappa shape index (κ2) is 5.43. The quantitative estimate of drug-likeness (QED) is 0.938. The third-order valence-electron chi connectivity index (χ3n) is 4.81. The minimum absolute atomic E-state index is 0.625. The van der Waals surface area contributed by atoms with Gasteiger partial charge in [0.05, 0.1) is 10.7 Å². The summed E-state index contributed by atoms with van der Waals surface area (Å²) in [5.41, 5.74) is 3.54. The van der Waals surface area contributed by atoms with Crippen molar-refractivity contribution in [2.45, 2.75) is 25.8 Å². The van der Waals surface area contributed by atoms with Gasteiger partial charge in [-0.15, -0.1) is 11.3 Å². The minimum Gasteiger partial charge on any atom is -0.381 e. The first-order valence-electron chi connectivity index (χ1n) is 7.79. The van der Waals surface area contributed by atoms with Crippen LogP contribution in [0.3, 0.4) is 0 Å². The van der Waals surface area contributed by atoms with E-state index in [0.717, 1.165) is 16.6 Å². The highest BCUT2D eigenvalue weighted by Crippen LogP contribution is 2.30. The van der Waals surface area contributed by atoms with Crippen molar-refractivity contribution < 1.29 is 0 Å². The third-order valence-corrected chi connectivity index (χ3v) is 5.58. The second-order valence-corrected chi connectivity index (χ2v) is 7.28. The lowest BCUT2D eigenvalue weighted by atomic mass is 9.84. The van der Waals surface area contributed by atoms with Gasteiger partial charge in [-0.1, -0.05) is 12.1 Å². The van der Waals surface area contributed by atoms with Gasteiger partial charge in [0.25, 0.3) is 0 Å². The highest BCUT2D eigenvalue weighted by molar-refractivity contribution is 7.09. The van der Waals surface area contributed by atoms with E-state index in [2.05, 4.69) is 51.8 Å². The summed E-state index contributed by atoms with van der Waals surface area (Å²) >= 11 is 1.71. The molecule has 2 bridgehead atoms. The summed E-state index contributed by atoms with van der Waals surface area (Å²) in [7, 11) is 0. The van der Waals surface area contributed by atoms with Gasteiger partial charge < -0.3 is 10.2 Å². The molecule has 0 radical (unpaired) electrons. The van der Waals surface area contributed by atoms with Crippen LogP contribution in [0.4, 0.5) is 5.69 Å². The minimum atomic E-state index is 0.625. The van der Waals surface area contributed by atoms with Gasteiger partial charge in [-0.25, -0.2) is 4.98 Å². The Morgan fingerprint density at radius 3 is 2.52 bits per heavy atom. The summed E-state index contributed by atoms with van der Waals surface area (Å²) in [4.78, 5) is 7.14.